The standard InChI is InChI=1S/C17H21N3O2/c1-17(2,3)20(12-13-8-6-5-7-9-13)15(21)14-10-11-18-16(19-14)22-4/h5-11H,12H2,1-4H3. The highest BCUT2D eigenvalue weighted by Crippen LogP contribution is 2.20. The summed E-state index contributed by atoms with van der Waals surface area (Å²) < 4.78 is 5.00. The Morgan fingerprint density at radius 1 is 1.18 bits per heavy atom. The molecule has 0 aliphatic rings. The number of ether oxygens (including phenoxy) is 1. The van der Waals surface area contributed by atoms with Crippen LogP contribution in [0.2, 0.25) is 0 Å². The van der Waals surface area contributed by atoms with Gasteiger partial charge in [-0.3, -0.25) is 4.79 Å². The lowest BCUT2D eigenvalue weighted by Crippen LogP contribution is -2.45. The van der Waals surface area contributed by atoms with E-state index in [4.69, 9.17) is 4.74 Å². The monoisotopic (exact) mass is 299 g/mol. The minimum atomic E-state index is -0.328. The fourth-order valence-corrected chi connectivity index (χ4v) is 2.08. The fraction of sp³-hybridized carbons (Fsp3) is 0.353. The van der Waals surface area contributed by atoms with E-state index >= 15 is 0 Å². The minimum absolute atomic E-state index is 0.142. The van der Waals surface area contributed by atoms with Crippen molar-refractivity contribution in [3.8, 4) is 6.01 Å². The van der Waals surface area contributed by atoms with Crippen LogP contribution in [0.1, 0.15) is 36.8 Å². The topological polar surface area (TPSA) is 55.3 Å². The molecule has 0 atom stereocenters. The van der Waals surface area contributed by atoms with E-state index in [-0.39, 0.29) is 17.5 Å². The van der Waals surface area contributed by atoms with Crippen molar-refractivity contribution in [2.45, 2.75) is 32.9 Å². The van der Waals surface area contributed by atoms with Gasteiger partial charge in [0.2, 0.25) is 0 Å². The molecule has 5 nitrogen and oxygen atoms in total. The third kappa shape index (κ3) is 3.81. The molecular weight excluding hydrogens is 278 g/mol. The summed E-state index contributed by atoms with van der Waals surface area (Å²) in [5, 5.41) is 0. The molecular formula is C17H21N3O2. The van der Waals surface area contributed by atoms with Gasteiger partial charge >= 0.3 is 6.01 Å². The SMILES string of the molecule is COc1nccc(C(=O)N(Cc2ccccc2)C(C)(C)C)n1. The predicted molar refractivity (Wildman–Crippen MR) is 84.7 cm³/mol. The Morgan fingerprint density at radius 2 is 1.86 bits per heavy atom. The molecule has 0 saturated heterocycles. The predicted octanol–water partition coefficient (Wildman–Crippen LogP) is 2.93. The first-order valence-corrected chi connectivity index (χ1v) is 7.15. The number of carbonyl (C=O) groups is 1. The molecule has 0 radical (unpaired) electrons. The number of hydrogen-bond donors (Lipinski definition) is 0. The van der Waals surface area contributed by atoms with Crippen molar-refractivity contribution in [2.24, 2.45) is 0 Å². The van der Waals surface area contributed by atoms with Gasteiger partial charge in [0, 0.05) is 18.3 Å². The molecule has 2 rings (SSSR count). The molecule has 1 heterocycles. The summed E-state index contributed by atoms with van der Waals surface area (Å²) in [6, 6.07) is 11.7. The molecule has 0 spiro atoms. The maximum Gasteiger partial charge on any atom is 0.316 e. The number of hydrogen-bond acceptors (Lipinski definition) is 4. The second-order valence-corrected chi connectivity index (χ2v) is 5.98. The maximum atomic E-state index is 12.8. The molecule has 0 aliphatic carbocycles. The Hall–Kier alpha value is -2.43. The van der Waals surface area contributed by atoms with Crippen LogP contribution in [0, 0.1) is 0 Å². The van der Waals surface area contributed by atoms with Gasteiger partial charge in [0.15, 0.2) is 0 Å². The number of methoxy groups -OCH3 is 1. The lowest BCUT2D eigenvalue weighted by atomic mass is 10.0. The highest BCUT2D eigenvalue weighted by Gasteiger charge is 2.28. The van der Waals surface area contributed by atoms with Crippen LogP contribution < -0.4 is 4.74 Å². The van der Waals surface area contributed by atoms with Crippen LogP contribution in [0.15, 0.2) is 42.6 Å². The van der Waals surface area contributed by atoms with Crippen molar-refractivity contribution in [3.63, 3.8) is 0 Å². The molecule has 1 aromatic carbocycles. The van der Waals surface area contributed by atoms with Gasteiger partial charge in [0.05, 0.1) is 7.11 Å². The normalized spacial score (nSPS) is 11.1. The lowest BCUT2D eigenvalue weighted by Gasteiger charge is -2.35. The molecule has 0 aliphatic heterocycles. The molecule has 1 amide bonds. The van der Waals surface area contributed by atoms with Gasteiger partial charge in [0.25, 0.3) is 5.91 Å². The highest BCUT2D eigenvalue weighted by molar-refractivity contribution is 5.92. The van der Waals surface area contributed by atoms with E-state index in [9.17, 15) is 4.79 Å². The third-order valence-electron chi connectivity index (χ3n) is 3.27. The summed E-state index contributed by atoms with van der Waals surface area (Å²) in [5.74, 6) is -0.142. The highest BCUT2D eigenvalue weighted by atomic mass is 16.5. The van der Waals surface area contributed by atoms with Gasteiger partial charge in [-0.15, -0.1) is 0 Å². The average Bonchev–Trinajstić information content (AvgIpc) is 2.52. The average molecular weight is 299 g/mol. The first-order valence-electron chi connectivity index (χ1n) is 7.15. The van der Waals surface area contributed by atoms with Gasteiger partial charge in [0.1, 0.15) is 5.69 Å². The summed E-state index contributed by atoms with van der Waals surface area (Å²) >= 11 is 0. The molecule has 116 valence electrons. The Morgan fingerprint density at radius 3 is 2.45 bits per heavy atom. The van der Waals surface area contributed by atoms with Crippen LogP contribution in [0.4, 0.5) is 0 Å². The smallest absolute Gasteiger partial charge is 0.316 e. The minimum Gasteiger partial charge on any atom is -0.467 e. The van der Waals surface area contributed by atoms with Crippen molar-refractivity contribution in [3.05, 3.63) is 53.9 Å². The molecule has 2 aromatic rings. The van der Waals surface area contributed by atoms with E-state index in [2.05, 4.69) is 9.97 Å². The maximum absolute atomic E-state index is 12.8. The third-order valence-corrected chi connectivity index (χ3v) is 3.27. The van der Waals surface area contributed by atoms with Crippen LogP contribution in [0.25, 0.3) is 0 Å². The summed E-state index contributed by atoms with van der Waals surface area (Å²) in [6.45, 7) is 6.54. The quantitative estimate of drug-likeness (QED) is 0.871. The van der Waals surface area contributed by atoms with Crippen LogP contribution >= 0.6 is 0 Å². The first kappa shape index (κ1) is 15.9. The van der Waals surface area contributed by atoms with Crippen molar-refractivity contribution in [2.75, 3.05) is 7.11 Å². The number of nitrogens with zero attached hydrogens (tertiary/aromatic N) is 3. The van der Waals surface area contributed by atoms with E-state index in [0.29, 0.717) is 12.2 Å². The summed E-state index contributed by atoms with van der Waals surface area (Å²) in [5.41, 5.74) is 1.08. The molecule has 0 unspecified atom stereocenters. The second kappa shape index (κ2) is 6.56. The Bertz CT molecular complexity index is 636. The number of amides is 1. The van der Waals surface area contributed by atoms with Crippen LogP contribution in [-0.4, -0.2) is 33.4 Å². The molecule has 0 saturated carbocycles. The molecule has 0 bridgehead atoms. The summed E-state index contributed by atoms with van der Waals surface area (Å²) in [7, 11) is 1.48. The lowest BCUT2D eigenvalue weighted by molar-refractivity contribution is 0.0551. The van der Waals surface area contributed by atoms with Crippen molar-refractivity contribution < 1.29 is 9.53 Å². The summed E-state index contributed by atoms with van der Waals surface area (Å²) in [4.78, 5) is 22.7. The Labute approximate surface area is 131 Å². The van der Waals surface area contributed by atoms with E-state index in [0.717, 1.165) is 5.56 Å². The van der Waals surface area contributed by atoms with E-state index in [1.807, 2.05) is 51.1 Å². The molecule has 0 fully saturated rings. The van der Waals surface area contributed by atoms with Crippen LogP contribution in [0.5, 0.6) is 6.01 Å². The van der Waals surface area contributed by atoms with Crippen LogP contribution in [-0.2, 0) is 6.54 Å². The van der Waals surface area contributed by atoms with Crippen LogP contribution in [0.3, 0.4) is 0 Å². The number of rotatable bonds is 4. The van der Waals surface area contributed by atoms with Gasteiger partial charge in [-0.1, -0.05) is 30.3 Å². The van der Waals surface area contributed by atoms with Crippen molar-refractivity contribution in [1.29, 1.82) is 0 Å². The first-order chi connectivity index (χ1) is 10.4. The fourth-order valence-electron chi connectivity index (χ4n) is 2.08. The van der Waals surface area contributed by atoms with Crippen molar-refractivity contribution >= 4 is 5.91 Å². The zero-order valence-electron chi connectivity index (χ0n) is 13.4. The van der Waals surface area contributed by atoms with Gasteiger partial charge in [-0.2, -0.15) is 4.98 Å². The second-order valence-electron chi connectivity index (χ2n) is 5.98. The molecule has 5 heteroatoms. The molecule has 0 N–H and O–H groups in total. The molecule has 1 aromatic heterocycles. The zero-order valence-corrected chi connectivity index (χ0v) is 13.4. The Balaban J connectivity index is 2.30. The molecule has 22 heavy (non-hydrogen) atoms. The van der Waals surface area contributed by atoms with E-state index < -0.39 is 0 Å². The largest absolute Gasteiger partial charge is 0.467 e. The zero-order chi connectivity index (χ0) is 16.2. The number of carbonyl (C=O) groups excluding carboxylic acids is 1. The van der Waals surface area contributed by atoms with Gasteiger partial charge < -0.3 is 9.64 Å². The summed E-state index contributed by atoms with van der Waals surface area (Å²) in [6.07, 6.45) is 1.53. The van der Waals surface area contributed by atoms with Crippen molar-refractivity contribution in [1.82, 2.24) is 14.9 Å². The van der Waals surface area contributed by atoms with E-state index in [1.54, 1.807) is 11.0 Å². The van der Waals surface area contributed by atoms with Gasteiger partial charge in [-0.05, 0) is 32.4 Å². The van der Waals surface area contributed by atoms with Gasteiger partial charge in [-0.25, -0.2) is 4.98 Å². The van der Waals surface area contributed by atoms with E-state index in [1.165, 1.54) is 13.3 Å². The number of benzene rings is 1. The number of aromatic nitrogens is 2. The Kier molecular flexibility index (Phi) is 4.75.